The van der Waals surface area contributed by atoms with E-state index in [1.54, 1.807) is 30.3 Å². The maximum Gasteiger partial charge on any atom is 0.326 e. The van der Waals surface area contributed by atoms with Gasteiger partial charge in [-0.05, 0) is 42.8 Å². The van der Waals surface area contributed by atoms with Crippen LogP contribution in [-0.2, 0) is 20.9 Å². The number of carbonyl (C=O) groups is 2. The third-order valence-electron chi connectivity index (χ3n) is 4.48. The molecule has 0 radical (unpaired) electrons. The van der Waals surface area contributed by atoms with Crippen LogP contribution in [0.3, 0.4) is 0 Å². The van der Waals surface area contributed by atoms with Crippen LogP contribution in [0.5, 0.6) is 0 Å². The molecule has 9 heteroatoms. The largest absolute Gasteiger partial charge is 0.454 e. The molecule has 0 aliphatic heterocycles. The van der Waals surface area contributed by atoms with Gasteiger partial charge in [-0.15, -0.1) is 0 Å². The predicted octanol–water partition coefficient (Wildman–Crippen LogP) is 3.40. The number of para-hydroxylation sites is 1. The van der Waals surface area contributed by atoms with Crippen molar-refractivity contribution in [3.05, 3.63) is 69.2 Å². The zero-order valence-electron chi connectivity index (χ0n) is 15.8. The van der Waals surface area contributed by atoms with Gasteiger partial charge in [-0.1, -0.05) is 28.1 Å². The summed E-state index contributed by atoms with van der Waals surface area (Å²) in [5, 5.41) is 3.40. The quantitative estimate of drug-likeness (QED) is 0.449. The highest BCUT2D eigenvalue weighted by atomic mass is 79.9. The summed E-state index contributed by atoms with van der Waals surface area (Å²) in [6.45, 7) is 0.993. The number of furan rings is 1. The number of benzene rings is 2. The van der Waals surface area contributed by atoms with Crippen LogP contribution in [0.15, 0.2) is 62.5 Å². The van der Waals surface area contributed by atoms with Crippen molar-refractivity contribution in [2.75, 3.05) is 11.9 Å². The second-order valence-corrected chi connectivity index (χ2v) is 7.54. The van der Waals surface area contributed by atoms with E-state index in [9.17, 15) is 14.4 Å². The molecule has 8 nitrogen and oxygen atoms in total. The number of halogens is 1. The lowest BCUT2D eigenvalue weighted by Crippen LogP contribution is -2.28. The van der Waals surface area contributed by atoms with Gasteiger partial charge >= 0.3 is 5.97 Å². The average Bonchev–Trinajstić information content (AvgIpc) is 3.10. The highest BCUT2D eigenvalue weighted by molar-refractivity contribution is 9.10. The Balaban J connectivity index is 1.42. The summed E-state index contributed by atoms with van der Waals surface area (Å²) in [5.74, 6) is -1.22. The van der Waals surface area contributed by atoms with Crippen LogP contribution in [0.4, 0.5) is 5.69 Å². The van der Waals surface area contributed by atoms with E-state index in [4.69, 9.17) is 9.15 Å². The maximum atomic E-state index is 12.6. The molecule has 1 amide bonds. The van der Waals surface area contributed by atoms with Gasteiger partial charge in [0.05, 0.1) is 6.33 Å². The molecule has 0 aliphatic rings. The molecular formula is C21H16BrN3O5. The molecular weight excluding hydrogens is 454 g/mol. The van der Waals surface area contributed by atoms with Crippen LogP contribution in [0.2, 0.25) is 0 Å². The number of aryl methyl sites for hydroxylation is 1. The summed E-state index contributed by atoms with van der Waals surface area (Å²) < 4.78 is 12.5. The van der Waals surface area contributed by atoms with Crippen molar-refractivity contribution in [2.45, 2.75) is 13.5 Å². The van der Waals surface area contributed by atoms with E-state index in [-0.39, 0.29) is 12.1 Å². The van der Waals surface area contributed by atoms with E-state index in [0.29, 0.717) is 16.8 Å². The van der Waals surface area contributed by atoms with Gasteiger partial charge in [0.25, 0.3) is 11.5 Å². The number of ether oxygens (including phenoxy) is 1. The Morgan fingerprint density at radius 1 is 1.23 bits per heavy atom. The van der Waals surface area contributed by atoms with E-state index in [1.807, 2.05) is 19.1 Å². The fourth-order valence-corrected chi connectivity index (χ4v) is 3.49. The smallest absolute Gasteiger partial charge is 0.326 e. The number of anilines is 1. The molecule has 2 heterocycles. The molecule has 30 heavy (non-hydrogen) atoms. The molecule has 0 bridgehead atoms. The van der Waals surface area contributed by atoms with Gasteiger partial charge in [0.2, 0.25) is 5.58 Å². The molecule has 0 atom stereocenters. The van der Waals surface area contributed by atoms with Crippen molar-refractivity contribution in [2.24, 2.45) is 0 Å². The molecule has 0 fully saturated rings. The van der Waals surface area contributed by atoms with Gasteiger partial charge in [0, 0.05) is 15.5 Å². The zero-order valence-corrected chi connectivity index (χ0v) is 17.4. The number of nitrogens with one attached hydrogen (secondary N) is 1. The average molecular weight is 470 g/mol. The number of hydrogen-bond donors (Lipinski definition) is 1. The number of aromatic nitrogens is 2. The van der Waals surface area contributed by atoms with Gasteiger partial charge in [-0.2, -0.15) is 0 Å². The molecule has 1 N–H and O–H groups in total. The lowest BCUT2D eigenvalue weighted by atomic mass is 10.2. The first-order chi connectivity index (χ1) is 14.4. The van der Waals surface area contributed by atoms with Crippen LogP contribution in [0, 0.1) is 6.92 Å². The van der Waals surface area contributed by atoms with Crippen molar-refractivity contribution < 1.29 is 18.7 Å². The lowest BCUT2D eigenvalue weighted by molar-refractivity contribution is -0.147. The molecule has 2 aromatic carbocycles. The van der Waals surface area contributed by atoms with Crippen molar-refractivity contribution in [3.8, 4) is 0 Å². The Labute approximate surface area is 178 Å². The van der Waals surface area contributed by atoms with Crippen LogP contribution in [0.25, 0.3) is 22.1 Å². The van der Waals surface area contributed by atoms with Gasteiger partial charge < -0.3 is 14.5 Å². The normalized spacial score (nSPS) is 11.0. The third-order valence-corrected chi connectivity index (χ3v) is 4.97. The second-order valence-electron chi connectivity index (χ2n) is 6.62. The lowest BCUT2D eigenvalue weighted by Gasteiger charge is -2.09. The van der Waals surface area contributed by atoms with Crippen LogP contribution in [-0.4, -0.2) is 28.0 Å². The number of nitrogens with zero attached hydrogens (tertiary/aromatic N) is 2. The van der Waals surface area contributed by atoms with E-state index >= 15 is 0 Å². The number of esters is 1. The first-order valence-electron chi connectivity index (χ1n) is 9.00. The van der Waals surface area contributed by atoms with E-state index in [2.05, 4.69) is 26.2 Å². The van der Waals surface area contributed by atoms with Crippen molar-refractivity contribution in [3.63, 3.8) is 0 Å². The molecule has 0 aliphatic carbocycles. The molecule has 4 aromatic rings. The molecule has 4 rings (SSSR count). The summed E-state index contributed by atoms with van der Waals surface area (Å²) in [7, 11) is 0. The van der Waals surface area contributed by atoms with E-state index < -0.39 is 24.0 Å². The molecule has 152 valence electrons. The van der Waals surface area contributed by atoms with Crippen LogP contribution in [0.1, 0.15) is 5.56 Å². The molecule has 2 aromatic heterocycles. The molecule has 0 saturated heterocycles. The Morgan fingerprint density at radius 3 is 2.83 bits per heavy atom. The SMILES string of the molecule is Cc1cc(Br)ccc1NC(=O)COC(=O)Cn1cnc2c(oc3ccccc32)c1=O. The minimum Gasteiger partial charge on any atom is -0.454 e. The van der Waals surface area contributed by atoms with Crippen LogP contribution < -0.4 is 10.9 Å². The topological polar surface area (TPSA) is 103 Å². The number of carbonyl (C=O) groups excluding carboxylic acids is 2. The number of amides is 1. The summed E-state index contributed by atoms with van der Waals surface area (Å²) in [6.07, 6.45) is 1.26. The monoisotopic (exact) mass is 469 g/mol. The van der Waals surface area contributed by atoms with Crippen LogP contribution >= 0.6 is 15.9 Å². The molecule has 0 saturated carbocycles. The molecule has 0 unspecified atom stereocenters. The fourth-order valence-electron chi connectivity index (χ4n) is 3.01. The predicted molar refractivity (Wildman–Crippen MR) is 114 cm³/mol. The summed E-state index contributed by atoms with van der Waals surface area (Å²) in [6, 6.07) is 12.5. The van der Waals surface area contributed by atoms with E-state index in [1.165, 1.54) is 6.33 Å². The number of hydrogen-bond acceptors (Lipinski definition) is 6. The highest BCUT2D eigenvalue weighted by Crippen LogP contribution is 2.24. The second kappa shape index (κ2) is 8.11. The fraction of sp³-hybridized carbons (Fsp3) is 0.143. The van der Waals surface area contributed by atoms with Crippen molar-refractivity contribution in [1.29, 1.82) is 0 Å². The van der Waals surface area contributed by atoms with Crippen molar-refractivity contribution >= 4 is 55.6 Å². The minimum absolute atomic E-state index is 0.0648. The third kappa shape index (κ3) is 3.97. The summed E-state index contributed by atoms with van der Waals surface area (Å²) in [4.78, 5) is 41.0. The minimum atomic E-state index is -0.739. The van der Waals surface area contributed by atoms with Gasteiger partial charge in [0.15, 0.2) is 6.61 Å². The van der Waals surface area contributed by atoms with Gasteiger partial charge in [-0.25, -0.2) is 4.98 Å². The molecule has 0 spiro atoms. The summed E-state index contributed by atoms with van der Waals surface area (Å²) in [5.41, 5.74) is 2.02. The summed E-state index contributed by atoms with van der Waals surface area (Å²) >= 11 is 3.35. The Morgan fingerprint density at radius 2 is 2.03 bits per heavy atom. The maximum absolute atomic E-state index is 12.6. The highest BCUT2D eigenvalue weighted by Gasteiger charge is 2.16. The van der Waals surface area contributed by atoms with Crippen molar-refractivity contribution in [1.82, 2.24) is 9.55 Å². The van der Waals surface area contributed by atoms with Gasteiger partial charge in [-0.3, -0.25) is 19.0 Å². The Bertz CT molecular complexity index is 1340. The number of rotatable bonds is 5. The Hall–Kier alpha value is -3.46. The Kier molecular flexibility index (Phi) is 5.37. The number of fused-ring (bicyclic) bond motifs is 3. The first kappa shape index (κ1) is 19.8. The van der Waals surface area contributed by atoms with Gasteiger partial charge in [0.1, 0.15) is 17.6 Å². The standard InChI is InChI=1S/C21H16BrN3O5/c1-12-8-13(22)6-7-15(12)24-17(26)10-29-18(27)9-25-11-23-19-14-4-2-3-5-16(14)30-20(19)21(25)28/h2-8,11H,9-10H2,1H3,(H,24,26). The zero-order chi connectivity index (χ0) is 21.3. The van der Waals surface area contributed by atoms with E-state index in [0.717, 1.165) is 20.0 Å². The first-order valence-corrected chi connectivity index (χ1v) is 9.80.